The first kappa shape index (κ1) is 17.9. The molecule has 3 rings (SSSR count). The highest BCUT2D eigenvalue weighted by molar-refractivity contribution is 7.91. The number of hydrogen-bond donors (Lipinski definition) is 0. The van der Waals surface area contributed by atoms with Crippen molar-refractivity contribution in [2.75, 3.05) is 5.75 Å². The van der Waals surface area contributed by atoms with E-state index in [4.69, 9.17) is 0 Å². The summed E-state index contributed by atoms with van der Waals surface area (Å²) in [6.07, 6.45) is 6.64. The van der Waals surface area contributed by atoms with Gasteiger partial charge in [-0.2, -0.15) is 8.78 Å². The van der Waals surface area contributed by atoms with Gasteiger partial charge in [0.25, 0.3) is 5.70 Å². The summed E-state index contributed by atoms with van der Waals surface area (Å²) < 4.78 is 55.0. The molecule has 0 aliphatic heterocycles. The lowest BCUT2D eigenvalue weighted by atomic mass is 9.96. The van der Waals surface area contributed by atoms with Crippen molar-refractivity contribution in [3.8, 4) is 0 Å². The van der Waals surface area contributed by atoms with Gasteiger partial charge in [0.1, 0.15) is 5.57 Å². The average Bonchev–Trinajstić information content (AvgIpc) is 2.79. The lowest BCUT2D eigenvalue weighted by molar-refractivity contribution is -0.422. The summed E-state index contributed by atoms with van der Waals surface area (Å²) >= 11 is 0. The van der Waals surface area contributed by atoms with Crippen LogP contribution in [0.15, 0.2) is 94.1 Å². The number of alkyl halides is 2. The fraction of sp³-hybridized carbons (Fsp3) is 0.111. The maximum atomic E-state index is 14.9. The molecule has 0 atom stereocenters. The van der Waals surface area contributed by atoms with E-state index in [9.17, 15) is 27.3 Å². The number of nitrogens with zero attached hydrogens (tertiary/aromatic N) is 1. The van der Waals surface area contributed by atoms with Crippen LogP contribution in [0.4, 0.5) is 8.78 Å². The Balaban J connectivity index is 2.13. The Kier molecular flexibility index (Phi) is 4.45. The fourth-order valence-electron chi connectivity index (χ4n) is 2.77. The third-order valence-corrected chi connectivity index (χ3v) is 5.70. The Morgan fingerprint density at radius 1 is 0.962 bits per heavy atom. The van der Waals surface area contributed by atoms with E-state index >= 15 is 0 Å². The first-order valence-corrected chi connectivity index (χ1v) is 9.20. The minimum absolute atomic E-state index is 0.00697. The van der Waals surface area contributed by atoms with Crippen molar-refractivity contribution in [3.05, 3.63) is 99.3 Å². The van der Waals surface area contributed by atoms with Crippen LogP contribution >= 0.6 is 0 Å². The largest absolute Gasteiger partial charge is 0.305 e. The number of sulfone groups is 1. The number of allylic oxidation sites excluding steroid dienone is 8. The summed E-state index contributed by atoms with van der Waals surface area (Å²) in [5, 5.41) is 11.2. The van der Waals surface area contributed by atoms with Gasteiger partial charge in [0.05, 0.1) is 15.6 Å². The van der Waals surface area contributed by atoms with Crippen molar-refractivity contribution in [3.63, 3.8) is 0 Å². The van der Waals surface area contributed by atoms with E-state index in [-0.39, 0.29) is 10.5 Å². The van der Waals surface area contributed by atoms with Crippen LogP contribution < -0.4 is 0 Å². The van der Waals surface area contributed by atoms with Gasteiger partial charge in [0.2, 0.25) is 0 Å². The zero-order chi connectivity index (χ0) is 18.9. The molecule has 2 aliphatic rings. The molecule has 2 bridgehead atoms. The van der Waals surface area contributed by atoms with Gasteiger partial charge in [-0.25, -0.2) is 8.42 Å². The van der Waals surface area contributed by atoms with E-state index < -0.39 is 43.3 Å². The van der Waals surface area contributed by atoms with Crippen molar-refractivity contribution >= 4 is 9.84 Å². The van der Waals surface area contributed by atoms with Crippen LogP contribution in [0.1, 0.15) is 0 Å². The van der Waals surface area contributed by atoms with E-state index in [0.29, 0.717) is 0 Å². The third kappa shape index (κ3) is 3.15. The zero-order valence-electron chi connectivity index (χ0n) is 13.3. The molecule has 0 N–H and O–H groups in total. The van der Waals surface area contributed by atoms with Gasteiger partial charge in [-0.3, -0.25) is 10.1 Å². The second-order valence-corrected chi connectivity index (χ2v) is 7.68. The van der Waals surface area contributed by atoms with E-state index in [1.165, 1.54) is 36.4 Å². The number of hydrogen-bond acceptors (Lipinski definition) is 4. The highest BCUT2D eigenvalue weighted by Gasteiger charge is 2.47. The van der Waals surface area contributed by atoms with Crippen LogP contribution in [0.3, 0.4) is 0 Å². The number of benzene rings is 1. The number of rotatable bonds is 4. The van der Waals surface area contributed by atoms with E-state index in [2.05, 4.69) is 0 Å². The van der Waals surface area contributed by atoms with Crippen LogP contribution in [0.25, 0.3) is 0 Å². The quantitative estimate of drug-likeness (QED) is 0.593. The van der Waals surface area contributed by atoms with Crippen LogP contribution in [0, 0.1) is 10.1 Å². The molecule has 0 amide bonds. The lowest BCUT2D eigenvalue weighted by Gasteiger charge is -2.21. The Morgan fingerprint density at radius 3 is 2.19 bits per heavy atom. The molecule has 0 saturated heterocycles. The molecule has 0 saturated carbocycles. The number of fused-ring (bicyclic) bond motifs is 2. The van der Waals surface area contributed by atoms with Crippen molar-refractivity contribution < 1.29 is 22.1 Å². The molecule has 0 radical (unpaired) electrons. The summed E-state index contributed by atoms with van der Waals surface area (Å²) in [4.78, 5) is 10.3. The summed E-state index contributed by atoms with van der Waals surface area (Å²) in [6, 6.07) is 7.44. The minimum Gasteiger partial charge on any atom is -0.258 e. The average molecular weight is 377 g/mol. The van der Waals surface area contributed by atoms with Gasteiger partial charge in [-0.15, -0.1) is 0 Å². The molecule has 1 aromatic rings. The van der Waals surface area contributed by atoms with Crippen LogP contribution in [-0.2, 0) is 9.84 Å². The summed E-state index contributed by atoms with van der Waals surface area (Å²) in [5.41, 5.74) is -2.29. The monoisotopic (exact) mass is 377 g/mol. The van der Waals surface area contributed by atoms with Gasteiger partial charge in [-0.05, 0) is 23.8 Å². The van der Waals surface area contributed by atoms with E-state index in [1.54, 1.807) is 6.07 Å². The Hall–Kier alpha value is -2.87. The highest BCUT2D eigenvalue weighted by atomic mass is 32.2. The van der Waals surface area contributed by atoms with Crippen molar-refractivity contribution in [1.29, 1.82) is 0 Å². The zero-order valence-corrected chi connectivity index (χ0v) is 14.1. The second-order valence-electron chi connectivity index (χ2n) is 5.69. The highest BCUT2D eigenvalue weighted by Crippen LogP contribution is 2.43. The SMILES string of the molecule is O=[N+]([O-])C1=CC=C(CS(=O)(=O)c2ccccc2)C2=CC=CC=C1C2(F)F. The molecule has 0 heterocycles. The van der Waals surface area contributed by atoms with E-state index in [0.717, 1.165) is 24.3 Å². The summed E-state index contributed by atoms with van der Waals surface area (Å²) in [6.45, 7) is 0. The molecular formula is C18H13F2NO4S. The van der Waals surface area contributed by atoms with Crippen molar-refractivity contribution in [2.24, 2.45) is 0 Å². The van der Waals surface area contributed by atoms with Crippen molar-refractivity contribution in [1.82, 2.24) is 0 Å². The molecule has 0 aromatic heterocycles. The van der Waals surface area contributed by atoms with Gasteiger partial charge in [-0.1, -0.05) is 42.5 Å². The van der Waals surface area contributed by atoms with Gasteiger partial charge in [0.15, 0.2) is 9.84 Å². The minimum atomic E-state index is -3.90. The Bertz CT molecular complexity index is 1020. The molecule has 134 valence electrons. The third-order valence-electron chi connectivity index (χ3n) is 4.02. The lowest BCUT2D eigenvalue weighted by Crippen LogP contribution is -2.27. The maximum Gasteiger partial charge on any atom is 0.305 e. The Morgan fingerprint density at radius 2 is 1.58 bits per heavy atom. The first-order chi connectivity index (χ1) is 12.2. The summed E-state index contributed by atoms with van der Waals surface area (Å²) in [5.74, 6) is -4.38. The topological polar surface area (TPSA) is 77.3 Å². The van der Waals surface area contributed by atoms with Crippen molar-refractivity contribution in [2.45, 2.75) is 10.8 Å². The van der Waals surface area contributed by atoms with Crippen LogP contribution in [0.2, 0.25) is 0 Å². The standard InChI is InChI=1S/C18H13F2NO4S/c19-18(20)15-8-4-5-9-16(18)17(21(22)23)11-10-13(15)12-26(24,25)14-6-2-1-3-7-14/h1-11H,12H2. The summed E-state index contributed by atoms with van der Waals surface area (Å²) in [7, 11) is -3.90. The molecule has 5 nitrogen and oxygen atoms in total. The second kappa shape index (κ2) is 6.45. The first-order valence-electron chi connectivity index (χ1n) is 7.55. The molecule has 1 aromatic carbocycles. The molecule has 26 heavy (non-hydrogen) atoms. The molecule has 0 fully saturated rings. The molecule has 0 spiro atoms. The normalized spacial score (nSPS) is 18.7. The predicted molar refractivity (Wildman–Crippen MR) is 91.9 cm³/mol. The van der Waals surface area contributed by atoms with Gasteiger partial charge in [0, 0.05) is 11.6 Å². The Labute approximate surface area is 148 Å². The van der Waals surface area contributed by atoms with Crippen LogP contribution in [0.5, 0.6) is 0 Å². The van der Waals surface area contributed by atoms with E-state index in [1.807, 2.05) is 0 Å². The van der Waals surface area contributed by atoms with Gasteiger partial charge < -0.3 is 0 Å². The molecular weight excluding hydrogens is 364 g/mol. The molecule has 2 aliphatic carbocycles. The smallest absolute Gasteiger partial charge is 0.258 e. The number of nitro groups is 1. The van der Waals surface area contributed by atoms with Gasteiger partial charge >= 0.3 is 5.92 Å². The predicted octanol–water partition coefficient (Wildman–Crippen LogP) is 3.62. The number of halogens is 2. The molecule has 0 unspecified atom stereocenters. The molecule has 8 heteroatoms. The fourth-order valence-corrected chi connectivity index (χ4v) is 4.17. The van der Waals surface area contributed by atoms with Crippen LogP contribution in [-0.4, -0.2) is 25.0 Å². The maximum absolute atomic E-state index is 14.9.